The largest absolute Gasteiger partial charge is 0.320 e. The van der Waals surface area contributed by atoms with Gasteiger partial charge in [-0.3, -0.25) is 0 Å². The van der Waals surface area contributed by atoms with E-state index in [9.17, 15) is 8.78 Å². The first kappa shape index (κ1) is 10.9. The van der Waals surface area contributed by atoms with Crippen LogP contribution >= 0.6 is 0 Å². The fourth-order valence-electron chi connectivity index (χ4n) is 1.74. The van der Waals surface area contributed by atoms with Crippen LogP contribution in [0.3, 0.4) is 0 Å². The summed E-state index contributed by atoms with van der Waals surface area (Å²) >= 11 is 0. The molecule has 0 spiro atoms. The highest BCUT2D eigenvalue weighted by atomic mass is 19.3. The third kappa shape index (κ3) is 3.19. The van der Waals surface area contributed by atoms with Gasteiger partial charge in [-0.1, -0.05) is 0 Å². The Morgan fingerprint density at radius 1 is 1.38 bits per heavy atom. The van der Waals surface area contributed by atoms with E-state index in [1.54, 1.807) is 7.05 Å². The molecule has 0 radical (unpaired) electrons. The number of hydrogen-bond donors (Lipinski definition) is 2. The SMILES string of the molecule is CNCCC(F)(F)C1CCNCC1. The number of halogens is 2. The molecule has 78 valence electrons. The third-order valence-electron chi connectivity index (χ3n) is 2.64. The summed E-state index contributed by atoms with van der Waals surface area (Å²) in [5.74, 6) is -2.90. The molecule has 13 heavy (non-hydrogen) atoms. The summed E-state index contributed by atoms with van der Waals surface area (Å²) < 4.78 is 26.9. The van der Waals surface area contributed by atoms with Gasteiger partial charge < -0.3 is 10.6 Å². The first-order chi connectivity index (χ1) is 6.17. The van der Waals surface area contributed by atoms with Crippen molar-refractivity contribution in [3.8, 4) is 0 Å². The van der Waals surface area contributed by atoms with Gasteiger partial charge in [0.05, 0.1) is 0 Å². The van der Waals surface area contributed by atoms with Gasteiger partial charge in [-0.05, 0) is 33.0 Å². The molecule has 2 N–H and O–H groups in total. The van der Waals surface area contributed by atoms with Crippen molar-refractivity contribution in [1.82, 2.24) is 10.6 Å². The van der Waals surface area contributed by atoms with Crippen molar-refractivity contribution in [2.75, 3.05) is 26.7 Å². The Labute approximate surface area is 78.1 Å². The molecule has 1 saturated heterocycles. The van der Waals surface area contributed by atoms with Gasteiger partial charge in [0, 0.05) is 18.9 Å². The lowest BCUT2D eigenvalue weighted by Crippen LogP contribution is -2.39. The van der Waals surface area contributed by atoms with Crippen LogP contribution < -0.4 is 10.6 Å². The molecule has 1 rings (SSSR count). The molecule has 0 bridgehead atoms. The second kappa shape index (κ2) is 4.86. The van der Waals surface area contributed by atoms with Crippen LogP contribution in [0.15, 0.2) is 0 Å². The van der Waals surface area contributed by atoms with E-state index < -0.39 is 11.8 Å². The predicted molar refractivity (Wildman–Crippen MR) is 49.1 cm³/mol. The molecule has 4 heteroatoms. The number of hydrogen-bond acceptors (Lipinski definition) is 2. The van der Waals surface area contributed by atoms with Gasteiger partial charge in [0.1, 0.15) is 0 Å². The molecule has 2 nitrogen and oxygen atoms in total. The average molecular weight is 192 g/mol. The lowest BCUT2D eigenvalue weighted by Gasteiger charge is -2.30. The summed E-state index contributed by atoms with van der Waals surface area (Å²) in [6.45, 7) is 1.87. The van der Waals surface area contributed by atoms with E-state index in [2.05, 4.69) is 10.6 Å². The summed E-state index contributed by atoms with van der Waals surface area (Å²) in [5.41, 5.74) is 0. The third-order valence-corrected chi connectivity index (χ3v) is 2.64. The van der Waals surface area contributed by atoms with E-state index in [0.717, 1.165) is 13.1 Å². The van der Waals surface area contributed by atoms with Crippen LogP contribution in [0, 0.1) is 5.92 Å². The van der Waals surface area contributed by atoms with Crippen LogP contribution in [-0.2, 0) is 0 Å². The highest BCUT2D eigenvalue weighted by molar-refractivity contribution is 4.81. The van der Waals surface area contributed by atoms with Gasteiger partial charge in [0.25, 0.3) is 5.92 Å². The molecular weight excluding hydrogens is 174 g/mol. The Bertz CT molecular complexity index is 145. The second-order valence-electron chi connectivity index (χ2n) is 3.64. The Hall–Kier alpha value is -0.220. The molecule has 0 aliphatic carbocycles. The van der Waals surface area contributed by atoms with E-state index >= 15 is 0 Å². The second-order valence-corrected chi connectivity index (χ2v) is 3.64. The molecule has 0 aromatic rings. The van der Waals surface area contributed by atoms with Gasteiger partial charge >= 0.3 is 0 Å². The molecule has 0 saturated carbocycles. The van der Waals surface area contributed by atoms with Gasteiger partial charge in [0.15, 0.2) is 0 Å². The first-order valence-corrected chi connectivity index (χ1v) is 4.90. The monoisotopic (exact) mass is 192 g/mol. The summed E-state index contributed by atoms with van der Waals surface area (Å²) in [6.07, 6.45) is 1.18. The highest BCUT2D eigenvalue weighted by Crippen LogP contribution is 2.33. The summed E-state index contributed by atoms with van der Waals surface area (Å²) in [4.78, 5) is 0. The molecule has 0 unspecified atom stereocenters. The van der Waals surface area contributed by atoms with Crippen molar-refractivity contribution in [2.24, 2.45) is 5.92 Å². The quantitative estimate of drug-likeness (QED) is 0.700. The van der Waals surface area contributed by atoms with Crippen LogP contribution in [-0.4, -0.2) is 32.6 Å². The van der Waals surface area contributed by atoms with Crippen molar-refractivity contribution < 1.29 is 8.78 Å². The summed E-state index contributed by atoms with van der Waals surface area (Å²) in [5, 5.41) is 5.86. The minimum atomic E-state index is -2.48. The normalized spacial score (nSPS) is 20.5. The van der Waals surface area contributed by atoms with E-state index in [-0.39, 0.29) is 6.42 Å². The Morgan fingerprint density at radius 2 is 2.00 bits per heavy atom. The Kier molecular flexibility index (Phi) is 4.06. The van der Waals surface area contributed by atoms with Crippen molar-refractivity contribution in [2.45, 2.75) is 25.2 Å². The molecule has 1 aliphatic rings. The Balaban J connectivity index is 2.36. The molecule has 1 aliphatic heterocycles. The van der Waals surface area contributed by atoms with Crippen molar-refractivity contribution >= 4 is 0 Å². The Morgan fingerprint density at radius 3 is 2.54 bits per heavy atom. The molecule has 1 fully saturated rings. The van der Waals surface area contributed by atoms with Crippen molar-refractivity contribution in [1.29, 1.82) is 0 Å². The summed E-state index contributed by atoms with van der Waals surface area (Å²) in [7, 11) is 1.71. The van der Waals surface area contributed by atoms with Crippen LogP contribution in [0.25, 0.3) is 0 Å². The lowest BCUT2D eigenvalue weighted by atomic mass is 9.89. The summed E-state index contributed by atoms with van der Waals surface area (Å²) in [6, 6.07) is 0. The fraction of sp³-hybridized carbons (Fsp3) is 1.00. The van der Waals surface area contributed by atoms with Crippen LogP contribution in [0.2, 0.25) is 0 Å². The van der Waals surface area contributed by atoms with Crippen molar-refractivity contribution in [3.05, 3.63) is 0 Å². The van der Waals surface area contributed by atoms with E-state index in [4.69, 9.17) is 0 Å². The molecule has 0 amide bonds. The minimum absolute atomic E-state index is 0.0336. The lowest BCUT2D eigenvalue weighted by molar-refractivity contribution is -0.0739. The molecule has 0 aromatic carbocycles. The number of rotatable bonds is 4. The number of alkyl halides is 2. The topological polar surface area (TPSA) is 24.1 Å². The predicted octanol–water partition coefficient (Wildman–Crippen LogP) is 1.23. The first-order valence-electron chi connectivity index (χ1n) is 4.90. The van der Waals surface area contributed by atoms with Crippen molar-refractivity contribution in [3.63, 3.8) is 0 Å². The fourth-order valence-corrected chi connectivity index (χ4v) is 1.74. The van der Waals surface area contributed by atoms with Crippen LogP contribution in [0.5, 0.6) is 0 Å². The molecular formula is C9H18F2N2. The maximum atomic E-state index is 13.4. The minimum Gasteiger partial charge on any atom is -0.320 e. The standard InChI is InChI=1S/C9H18F2N2/c1-12-7-4-9(10,11)8-2-5-13-6-3-8/h8,12-13H,2-7H2,1H3. The van der Waals surface area contributed by atoms with E-state index in [1.807, 2.05) is 0 Å². The van der Waals surface area contributed by atoms with Crippen LogP contribution in [0.4, 0.5) is 8.78 Å². The number of nitrogens with one attached hydrogen (secondary N) is 2. The maximum Gasteiger partial charge on any atom is 0.252 e. The van der Waals surface area contributed by atoms with Gasteiger partial charge in [0.2, 0.25) is 0 Å². The van der Waals surface area contributed by atoms with Gasteiger partial charge in [-0.25, -0.2) is 8.78 Å². The van der Waals surface area contributed by atoms with E-state index in [1.165, 1.54) is 0 Å². The average Bonchev–Trinajstić information content (AvgIpc) is 2.16. The zero-order chi connectivity index (χ0) is 9.73. The maximum absolute atomic E-state index is 13.4. The number of piperidine rings is 1. The molecule has 0 atom stereocenters. The van der Waals surface area contributed by atoms with Crippen LogP contribution in [0.1, 0.15) is 19.3 Å². The zero-order valence-electron chi connectivity index (χ0n) is 8.08. The van der Waals surface area contributed by atoms with Gasteiger partial charge in [-0.2, -0.15) is 0 Å². The molecule has 1 heterocycles. The van der Waals surface area contributed by atoms with Gasteiger partial charge in [-0.15, -0.1) is 0 Å². The highest BCUT2D eigenvalue weighted by Gasteiger charge is 2.38. The molecule has 0 aromatic heterocycles. The smallest absolute Gasteiger partial charge is 0.252 e. The zero-order valence-corrected chi connectivity index (χ0v) is 8.08. The van der Waals surface area contributed by atoms with E-state index in [0.29, 0.717) is 19.4 Å².